The third-order valence-electron chi connectivity index (χ3n) is 2.82. The van der Waals surface area contributed by atoms with Gasteiger partial charge in [0.05, 0.1) is 12.6 Å². The van der Waals surface area contributed by atoms with Gasteiger partial charge in [0.15, 0.2) is 0 Å². The van der Waals surface area contributed by atoms with Crippen molar-refractivity contribution in [2.45, 2.75) is 0 Å². The lowest BCUT2D eigenvalue weighted by atomic mass is 10.1. The third kappa shape index (κ3) is 1.58. The van der Waals surface area contributed by atoms with Crippen molar-refractivity contribution in [1.82, 2.24) is 4.57 Å². The van der Waals surface area contributed by atoms with Gasteiger partial charge >= 0.3 is 0 Å². The van der Waals surface area contributed by atoms with Gasteiger partial charge in [-0.3, -0.25) is 9.59 Å². The van der Waals surface area contributed by atoms with Crippen LogP contribution in [0.15, 0.2) is 23.0 Å². The summed E-state index contributed by atoms with van der Waals surface area (Å²) >= 11 is 0. The first kappa shape index (κ1) is 12.0. The number of aromatic nitrogens is 1. The van der Waals surface area contributed by atoms with Gasteiger partial charge in [-0.25, -0.2) is 0 Å². The SMILES string of the molecule is COc1ccc2c(c1)c(O)c(C(N)=O)c(=O)n2C. The molecule has 6 heteroatoms. The number of rotatable bonds is 2. The van der Waals surface area contributed by atoms with Crippen LogP contribution in [-0.2, 0) is 7.05 Å². The Labute approximate surface area is 102 Å². The number of primary amides is 1. The molecule has 0 saturated heterocycles. The molecule has 0 spiro atoms. The number of amides is 1. The van der Waals surface area contributed by atoms with E-state index in [-0.39, 0.29) is 0 Å². The fraction of sp³-hybridized carbons (Fsp3) is 0.167. The molecule has 0 saturated carbocycles. The number of fused-ring (bicyclic) bond motifs is 1. The highest BCUT2D eigenvalue weighted by atomic mass is 16.5. The summed E-state index contributed by atoms with van der Waals surface area (Å²) in [7, 11) is 2.98. The predicted octanol–water partition coefficient (Wildman–Crippen LogP) is 0.352. The summed E-state index contributed by atoms with van der Waals surface area (Å²) in [5.74, 6) is -0.871. The van der Waals surface area contributed by atoms with Crippen molar-refractivity contribution in [1.29, 1.82) is 0 Å². The number of hydrogen-bond donors (Lipinski definition) is 2. The summed E-state index contributed by atoms with van der Waals surface area (Å²) in [6, 6.07) is 4.82. The van der Waals surface area contributed by atoms with Crippen LogP contribution >= 0.6 is 0 Å². The highest BCUT2D eigenvalue weighted by Gasteiger charge is 2.19. The van der Waals surface area contributed by atoms with Gasteiger partial charge in [-0.15, -0.1) is 0 Å². The van der Waals surface area contributed by atoms with Crippen LogP contribution in [0.25, 0.3) is 10.9 Å². The van der Waals surface area contributed by atoms with Crippen LogP contribution < -0.4 is 16.0 Å². The Hall–Kier alpha value is -2.50. The molecule has 0 fully saturated rings. The van der Waals surface area contributed by atoms with Crippen LogP contribution in [0, 0.1) is 0 Å². The van der Waals surface area contributed by atoms with Gasteiger partial charge in [-0.05, 0) is 18.2 Å². The smallest absolute Gasteiger partial charge is 0.267 e. The van der Waals surface area contributed by atoms with E-state index in [0.29, 0.717) is 16.7 Å². The number of carbonyl (C=O) groups is 1. The second kappa shape index (κ2) is 4.06. The predicted molar refractivity (Wildman–Crippen MR) is 65.9 cm³/mol. The fourth-order valence-corrected chi connectivity index (χ4v) is 1.86. The summed E-state index contributed by atoms with van der Waals surface area (Å²) in [4.78, 5) is 23.1. The van der Waals surface area contributed by atoms with E-state index in [9.17, 15) is 14.7 Å². The van der Waals surface area contributed by atoms with E-state index in [4.69, 9.17) is 10.5 Å². The first-order valence-corrected chi connectivity index (χ1v) is 5.17. The molecule has 0 bridgehead atoms. The summed E-state index contributed by atoms with van der Waals surface area (Å²) in [6.07, 6.45) is 0. The maximum Gasteiger partial charge on any atom is 0.267 e. The van der Waals surface area contributed by atoms with E-state index >= 15 is 0 Å². The lowest BCUT2D eigenvalue weighted by Crippen LogP contribution is -2.28. The number of pyridine rings is 1. The molecule has 94 valence electrons. The van der Waals surface area contributed by atoms with Gasteiger partial charge in [0, 0.05) is 12.4 Å². The molecule has 1 aromatic heterocycles. The maximum absolute atomic E-state index is 11.9. The molecular weight excluding hydrogens is 236 g/mol. The zero-order valence-electron chi connectivity index (χ0n) is 9.93. The lowest BCUT2D eigenvalue weighted by Gasteiger charge is -2.11. The first-order chi connectivity index (χ1) is 8.47. The summed E-state index contributed by atoms with van der Waals surface area (Å²) in [5, 5.41) is 10.3. The molecule has 0 aliphatic rings. The fourth-order valence-electron chi connectivity index (χ4n) is 1.86. The Morgan fingerprint density at radius 3 is 2.67 bits per heavy atom. The Morgan fingerprint density at radius 2 is 2.11 bits per heavy atom. The minimum atomic E-state index is -0.960. The Balaban J connectivity index is 2.99. The van der Waals surface area contributed by atoms with Crippen molar-refractivity contribution >= 4 is 16.8 Å². The second-order valence-corrected chi connectivity index (χ2v) is 3.84. The standard InChI is InChI=1S/C12H12N2O4/c1-14-8-4-3-6(18-2)5-7(8)10(15)9(11(13)16)12(14)17/h3-5,15H,1-2H3,(H2,13,16). The minimum Gasteiger partial charge on any atom is -0.506 e. The molecule has 1 amide bonds. The molecule has 0 atom stereocenters. The zero-order chi connectivity index (χ0) is 13.4. The molecule has 0 unspecified atom stereocenters. The molecule has 0 radical (unpaired) electrons. The van der Waals surface area contributed by atoms with Gasteiger partial charge in [0.1, 0.15) is 17.1 Å². The van der Waals surface area contributed by atoms with Crippen molar-refractivity contribution in [3.63, 3.8) is 0 Å². The number of methoxy groups -OCH3 is 1. The summed E-state index contributed by atoms with van der Waals surface area (Å²) in [6.45, 7) is 0. The molecule has 1 aromatic carbocycles. The monoisotopic (exact) mass is 248 g/mol. The minimum absolute atomic E-state index is 0.338. The zero-order valence-corrected chi connectivity index (χ0v) is 9.93. The van der Waals surface area contributed by atoms with Crippen LogP contribution in [0.4, 0.5) is 0 Å². The average Bonchev–Trinajstić information content (AvgIpc) is 2.35. The van der Waals surface area contributed by atoms with Crippen molar-refractivity contribution in [3.8, 4) is 11.5 Å². The van der Waals surface area contributed by atoms with Gasteiger partial charge in [0.2, 0.25) is 0 Å². The topological polar surface area (TPSA) is 94.6 Å². The third-order valence-corrected chi connectivity index (χ3v) is 2.82. The molecule has 6 nitrogen and oxygen atoms in total. The quantitative estimate of drug-likeness (QED) is 0.801. The van der Waals surface area contributed by atoms with Gasteiger partial charge in [0.25, 0.3) is 11.5 Å². The van der Waals surface area contributed by atoms with Gasteiger partial charge in [-0.1, -0.05) is 0 Å². The number of benzene rings is 1. The highest BCUT2D eigenvalue weighted by molar-refractivity contribution is 6.01. The maximum atomic E-state index is 11.9. The highest BCUT2D eigenvalue weighted by Crippen LogP contribution is 2.29. The largest absolute Gasteiger partial charge is 0.506 e. The van der Waals surface area contributed by atoms with Crippen LogP contribution in [0.1, 0.15) is 10.4 Å². The van der Waals surface area contributed by atoms with E-state index in [2.05, 4.69) is 0 Å². The molecule has 2 rings (SSSR count). The van der Waals surface area contributed by atoms with E-state index in [1.807, 2.05) is 0 Å². The molecule has 0 aliphatic heterocycles. The average molecular weight is 248 g/mol. The lowest BCUT2D eigenvalue weighted by molar-refractivity contribution is 0.0996. The van der Waals surface area contributed by atoms with Crippen molar-refractivity contribution < 1.29 is 14.6 Å². The molecule has 0 aliphatic carbocycles. The van der Waals surface area contributed by atoms with E-state index in [0.717, 1.165) is 0 Å². The van der Waals surface area contributed by atoms with Crippen LogP contribution in [0.5, 0.6) is 11.5 Å². The number of nitrogens with zero attached hydrogens (tertiary/aromatic N) is 1. The number of hydrogen-bond acceptors (Lipinski definition) is 4. The first-order valence-electron chi connectivity index (χ1n) is 5.17. The normalized spacial score (nSPS) is 10.6. The van der Waals surface area contributed by atoms with Crippen molar-refractivity contribution in [3.05, 3.63) is 34.1 Å². The Bertz CT molecular complexity index is 703. The number of nitrogens with two attached hydrogens (primary N) is 1. The molecule has 3 N–H and O–H groups in total. The Kier molecular flexibility index (Phi) is 2.70. The van der Waals surface area contributed by atoms with Crippen molar-refractivity contribution in [2.75, 3.05) is 7.11 Å². The van der Waals surface area contributed by atoms with Crippen molar-refractivity contribution in [2.24, 2.45) is 12.8 Å². The number of ether oxygens (including phenoxy) is 1. The number of carbonyl (C=O) groups excluding carboxylic acids is 1. The number of aryl methyl sites for hydroxylation is 1. The van der Waals surface area contributed by atoms with Crippen LogP contribution in [-0.4, -0.2) is 22.7 Å². The number of aromatic hydroxyl groups is 1. The van der Waals surface area contributed by atoms with Gasteiger partial charge in [-0.2, -0.15) is 0 Å². The molecule has 18 heavy (non-hydrogen) atoms. The summed E-state index contributed by atoms with van der Waals surface area (Å²) < 4.78 is 6.29. The molecule has 2 aromatic rings. The molecular formula is C12H12N2O4. The summed E-state index contributed by atoms with van der Waals surface area (Å²) in [5.41, 5.74) is 4.55. The van der Waals surface area contributed by atoms with E-state index < -0.39 is 22.8 Å². The molecule has 1 heterocycles. The van der Waals surface area contributed by atoms with E-state index in [1.54, 1.807) is 12.1 Å². The van der Waals surface area contributed by atoms with Crippen LogP contribution in [0.2, 0.25) is 0 Å². The van der Waals surface area contributed by atoms with E-state index in [1.165, 1.54) is 24.8 Å². The van der Waals surface area contributed by atoms with Crippen LogP contribution in [0.3, 0.4) is 0 Å². The second-order valence-electron chi connectivity index (χ2n) is 3.84. The Morgan fingerprint density at radius 1 is 1.44 bits per heavy atom. The van der Waals surface area contributed by atoms with Gasteiger partial charge < -0.3 is 20.1 Å².